The molecule has 0 aromatic carbocycles. The van der Waals surface area contributed by atoms with Crippen LogP contribution >= 0.6 is 11.3 Å². The second-order valence-electron chi connectivity index (χ2n) is 3.10. The molecule has 0 aliphatic carbocycles. The van der Waals surface area contributed by atoms with Crippen molar-refractivity contribution in [3.63, 3.8) is 0 Å². The van der Waals surface area contributed by atoms with Gasteiger partial charge in [-0.2, -0.15) is 0 Å². The summed E-state index contributed by atoms with van der Waals surface area (Å²) < 4.78 is 0. The van der Waals surface area contributed by atoms with Crippen molar-refractivity contribution < 1.29 is 4.79 Å². The predicted molar refractivity (Wildman–Crippen MR) is 56.0 cm³/mol. The van der Waals surface area contributed by atoms with Gasteiger partial charge in [-0.15, -0.1) is 11.3 Å². The molecule has 1 unspecified atom stereocenters. The molecule has 0 saturated carbocycles. The second kappa shape index (κ2) is 5.14. The molecule has 0 fully saturated rings. The first kappa shape index (κ1) is 10.4. The summed E-state index contributed by atoms with van der Waals surface area (Å²) in [7, 11) is 1.94. The third-order valence-electron chi connectivity index (χ3n) is 2.02. The number of carbonyl (C=O) groups excluding carboxylic acids is 1. The van der Waals surface area contributed by atoms with Gasteiger partial charge in [-0.3, -0.25) is 0 Å². The largest absolute Gasteiger partial charge is 0.312 e. The third-order valence-corrected chi connectivity index (χ3v) is 3.01. The lowest BCUT2D eigenvalue weighted by molar-refractivity contribution is -0.117. The summed E-state index contributed by atoms with van der Waals surface area (Å²) in [5, 5.41) is 5.28. The van der Waals surface area contributed by atoms with E-state index >= 15 is 0 Å². The van der Waals surface area contributed by atoms with E-state index in [2.05, 4.69) is 16.8 Å². The van der Waals surface area contributed by atoms with Crippen LogP contribution in [-0.4, -0.2) is 12.8 Å². The molecule has 0 amide bonds. The van der Waals surface area contributed by atoms with Crippen LogP contribution in [0.4, 0.5) is 0 Å². The molecule has 3 heteroatoms. The molecule has 1 N–H and O–H groups in total. The highest BCUT2D eigenvalue weighted by Crippen LogP contribution is 2.22. The van der Waals surface area contributed by atoms with E-state index in [1.165, 1.54) is 4.88 Å². The Morgan fingerprint density at radius 1 is 1.69 bits per heavy atom. The number of rotatable bonds is 5. The van der Waals surface area contributed by atoms with Crippen molar-refractivity contribution in [3.05, 3.63) is 22.4 Å². The molecule has 1 atom stereocenters. The van der Waals surface area contributed by atoms with E-state index in [-0.39, 0.29) is 5.78 Å². The van der Waals surface area contributed by atoms with Crippen LogP contribution in [0.25, 0.3) is 0 Å². The summed E-state index contributed by atoms with van der Waals surface area (Å²) in [6.45, 7) is 1.64. The summed E-state index contributed by atoms with van der Waals surface area (Å²) in [5.41, 5.74) is 0. The Bertz CT molecular complexity index is 256. The lowest BCUT2D eigenvalue weighted by atomic mass is 10.1. The summed E-state index contributed by atoms with van der Waals surface area (Å²) in [6.07, 6.45) is 1.55. The number of hydrogen-bond donors (Lipinski definition) is 1. The Morgan fingerprint density at radius 3 is 2.92 bits per heavy atom. The second-order valence-corrected chi connectivity index (χ2v) is 4.08. The molecule has 1 heterocycles. The van der Waals surface area contributed by atoms with Gasteiger partial charge in [-0.25, -0.2) is 0 Å². The van der Waals surface area contributed by atoms with Gasteiger partial charge in [0.15, 0.2) is 0 Å². The van der Waals surface area contributed by atoms with E-state index < -0.39 is 0 Å². The number of ketones is 1. The molecular formula is C10H15NOS. The molecule has 0 aliphatic heterocycles. The number of Topliss-reactive ketones (excluding diaryl/α,β-unsaturated/α-hetero) is 1. The van der Waals surface area contributed by atoms with Crippen LogP contribution in [0.3, 0.4) is 0 Å². The molecular weight excluding hydrogens is 182 g/mol. The van der Waals surface area contributed by atoms with Gasteiger partial charge in [0.25, 0.3) is 0 Å². The van der Waals surface area contributed by atoms with Crippen LogP contribution in [0.5, 0.6) is 0 Å². The van der Waals surface area contributed by atoms with E-state index in [1.807, 2.05) is 13.1 Å². The first-order valence-corrected chi connectivity index (χ1v) is 5.32. The standard InChI is InChI=1S/C10H15NOS/c1-8(12)5-6-9(11-2)10-4-3-7-13-10/h3-4,7,9,11H,5-6H2,1-2H3. The molecule has 2 nitrogen and oxygen atoms in total. The molecule has 0 bridgehead atoms. The van der Waals surface area contributed by atoms with Crippen molar-refractivity contribution in [2.45, 2.75) is 25.8 Å². The summed E-state index contributed by atoms with van der Waals surface area (Å²) >= 11 is 1.73. The van der Waals surface area contributed by atoms with Crippen molar-refractivity contribution in [2.24, 2.45) is 0 Å². The van der Waals surface area contributed by atoms with Gasteiger partial charge in [-0.05, 0) is 31.8 Å². The quantitative estimate of drug-likeness (QED) is 0.785. The van der Waals surface area contributed by atoms with Gasteiger partial charge in [0, 0.05) is 17.3 Å². The summed E-state index contributed by atoms with van der Waals surface area (Å²) in [6, 6.07) is 4.48. The average molecular weight is 197 g/mol. The maximum Gasteiger partial charge on any atom is 0.129 e. The highest BCUT2D eigenvalue weighted by Gasteiger charge is 2.10. The minimum Gasteiger partial charge on any atom is -0.312 e. The molecule has 0 radical (unpaired) electrons. The van der Waals surface area contributed by atoms with Gasteiger partial charge in [-0.1, -0.05) is 6.07 Å². The number of carbonyl (C=O) groups is 1. The summed E-state index contributed by atoms with van der Waals surface area (Å²) in [5.74, 6) is 0.261. The zero-order valence-electron chi connectivity index (χ0n) is 8.04. The monoisotopic (exact) mass is 197 g/mol. The Hall–Kier alpha value is -0.670. The van der Waals surface area contributed by atoms with Crippen LogP contribution in [-0.2, 0) is 4.79 Å². The average Bonchev–Trinajstić information content (AvgIpc) is 2.58. The maximum atomic E-state index is 10.8. The van der Waals surface area contributed by atoms with E-state index in [4.69, 9.17) is 0 Å². The maximum absolute atomic E-state index is 10.8. The Morgan fingerprint density at radius 2 is 2.46 bits per heavy atom. The number of thiophene rings is 1. The molecule has 72 valence electrons. The predicted octanol–water partition coefficient (Wildman–Crippen LogP) is 2.38. The molecule has 1 rings (SSSR count). The van der Waals surface area contributed by atoms with Gasteiger partial charge in [0.2, 0.25) is 0 Å². The van der Waals surface area contributed by atoms with Crippen molar-refractivity contribution in [1.82, 2.24) is 5.32 Å². The van der Waals surface area contributed by atoms with Crippen LogP contribution < -0.4 is 5.32 Å². The summed E-state index contributed by atoms with van der Waals surface area (Å²) in [4.78, 5) is 12.1. The Balaban J connectivity index is 2.49. The SMILES string of the molecule is CNC(CCC(C)=O)c1cccs1. The van der Waals surface area contributed by atoms with Crippen LogP contribution in [0, 0.1) is 0 Å². The lowest BCUT2D eigenvalue weighted by Crippen LogP contribution is -2.15. The first-order chi connectivity index (χ1) is 6.24. The van der Waals surface area contributed by atoms with Crippen molar-refractivity contribution in [1.29, 1.82) is 0 Å². The smallest absolute Gasteiger partial charge is 0.129 e. The minimum atomic E-state index is 0.261. The molecule has 0 aliphatic rings. The van der Waals surface area contributed by atoms with Crippen LogP contribution in [0.2, 0.25) is 0 Å². The highest BCUT2D eigenvalue weighted by atomic mass is 32.1. The van der Waals surface area contributed by atoms with Gasteiger partial charge in [0.05, 0.1) is 0 Å². The minimum absolute atomic E-state index is 0.261. The first-order valence-electron chi connectivity index (χ1n) is 4.44. The normalized spacial score (nSPS) is 12.8. The van der Waals surface area contributed by atoms with Gasteiger partial charge >= 0.3 is 0 Å². The molecule has 0 spiro atoms. The van der Waals surface area contributed by atoms with Crippen molar-refractivity contribution in [2.75, 3.05) is 7.05 Å². The van der Waals surface area contributed by atoms with E-state index in [0.717, 1.165) is 6.42 Å². The van der Waals surface area contributed by atoms with E-state index in [9.17, 15) is 4.79 Å². The topological polar surface area (TPSA) is 29.1 Å². The molecule has 13 heavy (non-hydrogen) atoms. The fraction of sp³-hybridized carbons (Fsp3) is 0.500. The fourth-order valence-electron chi connectivity index (χ4n) is 1.27. The lowest BCUT2D eigenvalue weighted by Gasteiger charge is -2.12. The Kier molecular flexibility index (Phi) is 4.12. The Labute approximate surface area is 83.0 Å². The number of nitrogens with one attached hydrogen (secondary N) is 1. The zero-order valence-corrected chi connectivity index (χ0v) is 8.86. The van der Waals surface area contributed by atoms with Crippen molar-refractivity contribution in [3.8, 4) is 0 Å². The highest BCUT2D eigenvalue weighted by molar-refractivity contribution is 7.10. The van der Waals surface area contributed by atoms with Crippen molar-refractivity contribution >= 4 is 17.1 Å². The third kappa shape index (κ3) is 3.28. The zero-order chi connectivity index (χ0) is 9.68. The molecule has 1 aromatic rings. The van der Waals surface area contributed by atoms with Crippen LogP contribution in [0.15, 0.2) is 17.5 Å². The van der Waals surface area contributed by atoms with Gasteiger partial charge in [0.1, 0.15) is 5.78 Å². The van der Waals surface area contributed by atoms with Crippen LogP contribution in [0.1, 0.15) is 30.7 Å². The van der Waals surface area contributed by atoms with E-state index in [0.29, 0.717) is 12.5 Å². The van der Waals surface area contributed by atoms with E-state index in [1.54, 1.807) is 18.3 Å². The molecule has 0 saturated heterocycles. The molecule has 1 aromatic heterocycles. The fourth-order valence-corrected chi connectivity index (χ4v) is 2.14. The van der Waals surface area contributed by atoms with Gasteiger partial charge < -0.3 is 10.1 Å². The number of hydrogen-bond acceptors (Lipinski definition) is 3.